The van der Waals surface area contributed by atoms with Gasteiger partial charge in [-0.25, -0.2) is 0 Å². The number of rotatable bonds is 3. The molecule has 2 rings (SSSR count). The first-order valence-electron chi connectivity index (χ1n) is 5.92. The van der Waals surface area contributed by atoms with Gasteiger partial charge in [0.15, 0.2) is 0 Å². The van der Waals surface area contributed by atoms with Crippen molar-refractivity contribution < 1.29 is 4.74 Å². The lowest BCUT2D eigenvalue weighted by Crippen LogP contribution is -2.43. The minimum Gasteiger partial charge on any atom is -0.381 e. The van der Waals surface area contributed by atoms with Crippen molar-refractivity contribution in [1.29, 1.82) is 5.26 Å². The van der Waals surface area contributed by atoms with Gasteiger partial charge in [-0.05, 0) is 25.2 Å². The van der Waals surface area contributed by atoms with E-state index in [0.29, 0.717) is 10.6 Å². The predicted octanol–water partition coefficient (Wildman–Crippen LogP) is 1.95. The Morgan fingerprint density at radius 2 is 2.44 bits per heavy atom. The van der Waals surface area contributed by atoms with Gasteiger partial charge in [-0.1, -0.05) is 11.6 Å². The molecule has 0 bridgehead atoms. The van der Waals surface area contributed by atoms with Gasteiger partial charge in [0.05, 0.1) is 35.1 Å². The summed E-state index contributed by atoms with van der Waals surface area (Å²) in [4.78, 5) is 2.25. The van der Waals surface area contributed by atoms with Crippen molar-refractivity contribution in [1.82, 2.24) is 4.90 Å². The first-order chi connectivity index (χ1) is 8.69. The lowest BCUT2D eigenvalue weighted by Gasteiger charge is -2.30. The third-order valence-corrected chi connectivity index (χ3v) is 3.27. The predicted molar refractivity (Wildman–Crippen MR) is 71.9 cm³/mol. The van der Waals surface area contributed by atoms with Crippen molar-refractivity contribution in [2.75, 3.05) is 38.6 Å². The Hall–Kier alpha value is -1.28. The lowest BCUT2D eigenvalue weighted by molar-refractivity contribution is -0.0117. The Morgan fingerprint density at radius 1 is 1.61 bits per heavy atom. The van der Waals surface area contributed by atoms with Gasteiger partial charge in [-0.3, -0.25) is 0 Å². The van der Waals surface area contributed by atoms with Gasteiger partial charge in [-0.15, -0.1) is 0 Å². The molecule has 1 heterocycles. The highest BCUT2D eigenvalue weighted by Gasteiger charge is 2.17. The Morgan fingerprint density at radius 3 is 3.11 bits per heavy atom. The molecule has 1 aromatic carbocycles. The Labute approximate surface area is 112 Å². The molecule has 1 unspecified atom stereocenters. The van der Waals surface area contributed by atoms with Gasteiger partial charge in [-0.2, -0.15) is 5.26 Å². The van der Waals surface area contributed by atoms with E-state index in [9.17, 15) is 0 Å². The molecule has 0 aromatic heterocycles. The molecule has 1 fully saturated rings. The molecule has 1 aliphatic rings. The smallest absolute Gasteiger partial charge is 0.0992 e. The summed E-state index contributed by atoms with van der Waals surface area (Å²) in [6.45, 7) is 3.38. The normalized spacial score (nSPS) is 20.4. The first kappa shape index (κ1) is 13.2. The van der Waals surface area contributed by atoms with E-state index in [0.717, 1.165) is 31.9 Å². The highest BCUT2D eigenvalue weighted by Crippen LogP contribution is 2.22. The zero-order valence-electron chi connectivity index (χ0n) is 10.3. The molecule has 96 valence electrons. The molecular weight excluding hydrogens is 250 g/mol. The second-order valence-corrected chi connectivity index (χ2v) is 4.85. The molecule has 0 amide bonds. The minimum absolute atomic E-state index is 0.176. The van der Waals surface area contributed by atoms with Crippen molar-refractivity contribution in [2.24, 2.45) is 0 Å². The van der Waals surface area contributed by atoms with E-state index in [1.807, 2.05) is 6.07 Å². The number of nitrogens with one attached hydrogen (secondary N) is 1. The van der Waals surface area contributed by atoms with Gasteiger partial charge >= 0.3 is 0 Å². The Kier molecular flexibility index (Phi) is 4.43. The monoisotopic (exact) mass is 265 g/mol. The van der Waals surface area contributed by atoms with Crippen molar-refractivity contribution in [3.8, 4) is 6.07 Å². The molecule has 0 aliphatic carbocycles. The molecule has 0 saturated carbocycles. The molecule has 1 N–H and O–H groups in total. The van der Waals surface area contributed by atoms with Crippen LogP contribution in [0.1, 0.15) is 5.56 Å². The maximum atomic E-state index is 8.76. The van der Waals surface area contributed by atoms with Crippen LogP contribution >= 0.6 is 11.6 Å². The third kappa shape index (κ3) is 3.36. The average molecular weight is 266 g/mol. The molecule has 4 nitrogen and oxygen atoms in total. The maximum Gasteiger partial charge on any atom is 0.0992 e. The van der Waals surface area contributed by atoms with Crippen LogP contribution in [-0.2, 0) is 4.74 Å². The van der Waals surface area contributed by atoms with Crippen LogP contribution in [0.3, 0.4) is 0 Å². The van der Waals surface area contributed by atoms with Crippen LogP contribution in [0, 0.1) is 11.3 Å². The molecule has 0 spiro atoms. The average Bonchev–Trinajstić information content (AvgIpc) is 2.37. The molecule has 1 saturated heterocycles. The SMILES string of the molecule is CN1CCOC(CNc2ccc(C#N)cc2Cl)C1. The summed E-state index contributed by atoms with van der Waals surface area (Å²) in [6.07, 6.45) is 0.176. The number of benzene rings is 1. The molecule has 18 heavy (non-hydrogen) atoms. The zero-order valence-corrected chi connectivity index (χ0v) is 11.1. The van der Waals surface area contributed by atoms with Crippen molar-refractivity contribution in [3.05, 3.63) is 28.8 Å². The number of ether oxygens (including phenoxy) is 1. The summed E-state index contributed by atoms with van der Waals surface area (Å²) >= 11 is 6.09. The van der Waals surface area contributed by atoms with Crippen LogP contribution in [0.25, 0.3) is 0 Å². The van der Waals surface area contributed by atoms with Crippen molar-refractivity contribution in [3.63, 3.8) is 0 Å². The van der Waals surface area contributed by atoms with E-state index in [2.05, 4.69) is 23.3 Å². The summed E-state index contributed by atoms with van der Waals surface area (Å²) in [5.74, 6) is 0. The fourth-order valence-corrected chi connectivity index (χ4v) is 2.19. The summed E-state index contributed by atoms with van der Waals surface area (Å²) in [6, 6.07) is 7.31. The molecule has 0 radical (unpaired) electrons. The van der Waals surface area contributed by atoms with Crippen LogP contribution < -0.4 is 5.32 Å². The number of nitriles is 1. The number of likely N-dealkylation sites (N-methyl/N-ethyl adjacent to an activating group) is 1. The summed E-state index contributed by atoms with van der Waals surface area (Å²) in [5, 5.41) is 12.6. The van der Waals surface area contributed by atoms with Gasteiger partial charge in [0.2, 0.25) is 0 Å². The number of nitrogens with zero attached hydrogens (tertiary/aromatic N) is 2. The maximum absolute atomic E-state index is 8.76. The Bertz CT molecular complexity index is 458. The number of hydrogen-bond donors (Lipinski definition) is 1. The van der Waals surface area contributed by atoms with Gasteiger partial charge in [0.1, 0.15) is 0 Å². The largest absolute Gasteiger partial charge is 0.381 e. The molecule has 5 heteroatoms. The second-order valence-electron chi connectivity index (χ2n) is 4.44. The van der Waals surface area contributed by atoms with Gasteiger partial charge < -0.3 is 15.0 Å². The molecule has 1 aliphatic heterocycles. The summed E-state index contributed by atoms with van der Waals surface area (Å²) in [5.41, 5.74) is 1.41. The van der Waals surface area contributed by atoms with Crippen molar-refractivity contribution >= 4 is 17.3 Å². The number of hydrogen-bond acceptors (Lipinski definition) is 4. The standard InChI is InChI=1S/C13H16ClN3O/c1-17-4-5-18-11(9-17)8-16-13-3-2-10(7-15)6-12(13)14/h2-3,6,11,16H,4-5,8-9H2,1H3. The van der Waals surface area contributed by atoms with E-state index >= 15 is 0 Å². The second kappa shape index (κ2) is 6.05. The van der Waals surface area contributed by atoms with Gasteiger partial charge in [0, 0.05) is 19.6 Å². The lowest BCUT2D eigenvalue weighted by atomic mass is 10.2. The first-order valence-corrected chi connectivity index (χ1v) is 6.30. The highest BCUT2D eigenvalue weighted by atomic mass is 35.5. The quantitative estimate of drug-likeness (QED) is 0.908. The van der Waals surface area contributed by atoms with Crippen molar-refractivity contribution in [2.45, 2.75) is 6.10 Å². The van der Waals surface area contributed by atoms with E-state index in [1.165, 1.54) is 0 Å². The van der Waals surface area contributed by atoms with E-state index in [-0.39, 0.29) is 6.10 Å². The number of morpholine rings is 1. The third-order valence-electron chi connectivity index (χ3n) is 2.96. The van der Waals surface area contributed by atoms with E-state index in [4.69, 9.17) is 21.6 Å². The van der Waals surface area contributed by atoms with Crippen LogP contribution in [0.4, 0.5) is 5.69 Å². The molecular formula is C13H16ClN3O. The van der Waals surface area contributed by atoms with Crippen LogP contribution in [0.2, 0.25) is 5.02 Å². The minimum atomic E-state index is 0.176. The highest BCUT2D eigenvalue weighted by molar-refractivity contribution is 6.33. The number of halogens is 1. The molecule has 1 atom stereocenters. The Balaban J connectivity index is 1.92. The summed E-state index contributed by atoms with van der Waals surface area (Å²) < 4.78 is 5.66. The molecule has 1 aromatic rings. The number of anilines is 1. The van der Waals surface area contributed by atoms with E-state index < -0.39 is 0 Å². The van der Waals surface area contributed by atoms with Gasteiger partial charge in [0.25, 0.3) is 0 Å². The topological polar surface area (TPSA) is 48.3 Å². The summed E-state index contributed by atoms with van der Waals surface area (Å²) in [7, 11) is 2.09. The van der Waals surface area contributed by atoms with Crippen LogP contribution in [-0.4, -0.2) is 44.3 Å². The van der Waals surface area contributed by atoms with Crippen LogP contribution in [0.15, 0.2) is 18.2 Å². The zero-order chi connectivity index (χ0) is 13.0. The fourth-order valence-electron chi connectivity index (χ4n) is 1.94. The fraction of sp³-hybridized carbons (Fsp3) is 0.462. The van der Waals surface area contributed by atoms with E-state index in [1.54, 1.807) is 12.1 Å². The van der Waals surface area contributed by atoms with Crippen LogP contribution in [0.5, 0.6) is 0 Å².